The van der Waals surface area contributed by atoms with Crippen molar-refractivity contribution in [3.8, 4) is 11.5 Å². The number of ether oxygens (including phenoxy) is 2. The van der Waals surface area contributed by atoms with Crippen molar-refractivity contribution in [2.75, 3.05) is 46.2 Å². The lowest BCUT2D eigenvalue weighted by molar-refractivity contribution is 0.0757. The predicted molar refractivity (Wildman–Crippen MR) is 95.7 cm³/mol. The largest absolute Gasteiger partial charge is 0.496 e. The van der Waals surface area contributed by atoms with Crippen LogP contribution >= 0.6 is 0 Å². The first-order chi connectivity index (χ1) is 11.9. The second kappa shape index (κ2) is 8.53. The quantitative estimate of drug-likeness (QED) is 0.760. The Labute approximate surface area is 149 Å². The average Bonchev–Trinajstić information content (AvgIpc) is 2.87. The Balaban J connectivity index is 2.20. The molecule has 1 saturated heterocycles. The van der Waals surface area contributed by atoms with Crippen molar-refractivity contribution in [3.63, 3.8) is 0 Å². The molecule has 140 valence electrons. The van der Waals surface area contributed by atoms with Crippen LogP contribution < -0.4 is 9.47 Å². The highest BCUT2D eigenvalue weighted by Gasteiger charge is 2.29. The minimum atomic E-state index is -3.25. The number of hydrogen-bond acceptors (Lipinski definition) is 5. The maximum atomic E-state index is 13.0. The Morgan fingerprint density at radius 1 is 1.08 bits per heavy atom. The predicted octanol–water partition coefficient (Wildman–Crippen LogP) is 1.59. The average molecular weight is 370 g/mol. The van der Waals surface area contributed by atoms with Crippen LogP contribution in [0.25, 0.3) is 0 Å². The molecule has 0 spiro atoms. The molecule has 1 fully saturated rings. The van der Waals surface area contributed by atoms with Gasteiger partial charge in [0.1, 0.15) is 17.1 Å². The molecule has 1 aliphatic rings. The van der Waals surface area contributed by atoms with Gasteiger partial charge in [-0.15, -0.1) is 0 Å². The summed E-state index contributed by atoms with van der Waals surface area (Å²) in [5, 5.41) is 0. The molecule has 0 bridgehead atoms. The fourth-order valence-electron chi connectivity index (χ4n) is 2.98. The standard InChI is InChI=1S/C17H26N2O5S/c1-4-13-25(21,22)19-10-6-9-18(11-12-19)17(20)16-14(23-2)7-5-8-15(16)24-3/h5,7-8H,4,6,9-13H2,1-3H3. The highest BCUT2D eigenvalue weighted by atomic mass is 32.2. The van der Waals surface area contributed by atoms with E-state index in [0.717, 1.165) is 0 Å². The van der Waals surface area contributed by atoms with Gasteiger partial charge in [0.2, 0.25) is 10.0 Å². The minimum Gasteiger partial charge on any atom is -0.496 e. The molecule has 1 amide bonds. The Hall–Kier alpha value is -1.80. The monoisotopic (exact) mass is 370 g/mol. The van der Waals surface area contributed by atoms with Gasteiger partial charge in [0.25, 0.3) is 5.91 Å². The number of rotatable bonds is 6. The number of carbonyl (C=O) groups is 1. The first-order valence-corrected chi connectivity index (χ1v) is 10.0. The van der Waals surface area contributed by atoms with Crippen LogP contribution in [0.5, 0.6) is 11.5 Å². The van der Waals surface area contributed by atoms with Crippen LogP contribution in [0.3, 0.4) is 0 Å². The maximum absolute atomic E-state index is 13.0. The summed E-state index contributed by atoms with van der Waals surface area (Å²) in [5.74, 6) is 0.832. The lowest BCUT2D eigenvalue weighted by atomic mass is 10.1. The number of carbonyl (C=O) groups excluding carboxylic acids is 1. The van der Waals surface area contributed by atoms with Crippen molar-refractivity contribution >= 4 is 15.9 Å². The first-order valence-electron chi connectivity index (χ1n) is 8.42. The molecule has 2 rings (SSSR count). The summed E-state index contributed by atoms with van der Waals surface area (Å²) in [5.41, 5.74) is 0.373. The molecule has 1 aromatic rings. The molecule has 0 N–H and O–H groups in total. The number of benzene rings is 1. The first kappa shape index (κ1) is 19.5. The summed E-state index contributed by atoms with van der Waals surface area (Å²) in [6, 6.07) is 5.19. The van der Waals surface area contributed by atoms with E-state index in [2.05, 4.69) is 0 Å². The number of nitrogens with zero attached hydrogens (tertiary/aromatic N) is 2. The SMILES string of the molecule is CCCS(=O)(=O)N1CCCN(C(=O)c2c(OC)cccc2OC)CC1. The van der Waals surface area contributed by atoms with Crippen molar-refractivity contribution < 1.29 is 22.7 Å². The molecule has 1 heterocycles. The van der Waals surface area contributed by atoms with Gasteiger partial charge in [-0.2, -0.15) is 0 Å². The molecule has 0 aromatic heterocycles. The molecule has 7 nitrogen and oxygen atoms in total. The normalized spacial score (nSPS) is 16.4. The molecule has 1 aromatic carbocycles. The van der Waals surface area contributed by atoms with Crippen molar-refractivity contribution in [3.05, 3.63) is 23.8 Å². The van der Waals surface area contributed by atoms with Gasteiger partial charge in [-0.05, 0) is 25.0 Å². The van der Waals surface area contributed by atoms with Crippen LogP contribution in [-0.2, 0) is 10.0 Å². The number of methoxy groups -OCH3 is 2. The van der Waals surface area contributed by atoms with Crippen LogP contribution in [0.1, 0.15) is 30.1 Å². The van der Waals surface area contributed by atoms with E-state index in [-0.39, 0.29) is 11.7 Å². The highest BCUT2D eigenvalue weighted by Crippen LogP contribution is 2.30. The van der Waals surface area contributed by atoms with E-state index in [9.17, 15) is 13.2 Å². The zero-order valence-electron chi connectivity index (χ0n) is 15.0. The van der Waals surface area contributed by atoms with Gasteiger partial charge in [-0.1, -0.05) is 13.0 Å². The van der Waals surface area contributed by atoms with Crippen molar-refractivity contribution in [1.29, 1.82) is 0 Å². The summed E-state index contributed by atoms with van der Waals surface area (Å²) < 4.78 is 36.6. The topological polar surface area (TPSA) is 76.2 Å². The van der Waals surface area contributed by atoms with Crippen molar-refractivity contribution in [2.45, 2.75) is 19.8 Å². The third-order valence-corrected chi connectivity index (χ3v) is 6.32. The summed E-state index contributed by atoms with van der Waals surface area (Å²) in [7, 11) is -0.236. The molecule has 8 heteroatoms. The van der Waals surface area contributed by atoms with E-state index >= 15 is 0 Å². The van der Waals surface area contributed by atoms with Crippen LogP contribution in [0.2, 0.25) is 0 Å². The Morgan fingerprint density at radius 3 is 2.28 bits per heavy atom. The Morgan fingerprint density at radius 2 is 1.72 bits per heavy atom. The van der Waals surface area contributed by atoms with Gasteiger partial charge in [-0.3, -0.25) is 4.79 Å². The highest BCUT2D eigenvalue weighted by molar-refractivity contribution is 7.89. The Bertz CT molecular complexity index is 683. The molecule has 0 radical (unpaired) electrons. The van der Waals surface area contributed by atoms with Gasteiger partial charge in [0, 0.05) is 26.2 Å². The fraction of sp³-hybridized carbons (Fsp3) is 0.588. The lowest BCUT2D eigenvalue weighted by Crippen LogP contribution is -2.38. The lowest BCUT2D eigenvalue weighted by Gasteiger charge is -2.23. The number of amides is 1. The van der Waals surface area contributed by atoms with Gasteiger partial charge in [0.15, 0.2) is 0 Å². The molecule has 1 aliphatic heterocycles. The third kappa shape index (κ3) is 4.43. The van der Waals surface area contributed by atoms with Crippen molar-refractivity contribution in [1.82, 2.24) is 9.21 Å². The molecule has 0 atom stereocenters. The zero-order chi connectivity index (χ0) is 18.4. The zero-order valence-corrected chi connectivity index (χ0v) is 15.8. The van der Waals surface area contributed by atoms with Crippen LogP contribution in [0.4, 0.5) is 0 Å². The van der Waals surface area contributed by atoms with E-state index in [1.807, 2.05) is 6.92 Å². The van der Waals surface area contributed by atoms with Gasteiger partial charge in [-0.25, -0.2) is 12.7 Å². The van der Waals surface area contributed by atoms with E-state index < -0.39 is 10.0 Å². The minimum absolute atomic E-state index is 0.140. The van der Waals surface area contributed by atoms with E-state index in [4.69, 9.17) is 9.47 Å². The second-order valence-corrected chi connectivity index (χ2v) is 7.99. The fourth-order valence-corrected chi connectivity index (χ4v) is 4.52. The summed E-state index contributed by atoms with van der Waals surface area (Å²) >= 11 is 0. The number of hydrogen-bond donors (Lipinski definition) is 0. The maximum Gasteiger partial charge on any atom is 0.261 e. The second-order valence-electron chi connectivity index (χ2n) is 5.90. The molecular weight excluding hydrogens is 344 g/mol. The smallest absolute Gasteiger partial charge is 0.261 e. The van der Waals surface area contributed by atoms with E-state index in [0.29, 0.717) is 56.1 Å². The van der Waals surface area contributed by atoms with Gasteiger partial charge in [0.05, 0.1) is 20.0 Å². The Kier molecular flexibility index (Phi) is 6.66. The van der Waals surface area contributed by atoms with E-state index in [1.165, 1.54) is 18.5 Å². The summed E-state index contributed by atoms with van der Waals surface area (Å²) in [6.45, 7) is 3.45. The molecule has 0 saturated carbocycles. The van der Waals surface area contributed by atoms with Gasteiger partial charge >= 0.3 is 0 Å². The van der Waals surface area contributed by atoms with Crippen LogP contribution in [0.15, 0.2) is 18.2 Å². The molecule has 0 aliphatic carbocycles. The third-order valence-electron chi connectivity index (χ3n) is 4.24. The summed E-state index contributed by atoms with van der Waals surface area (Å²) in [4.78, 5) is 14.7. The van der Waals surface area contributed by atoms with Gasteiger partial charge < -0.3 is 14.4 Å². The van der Waals surface area contributed by atoms with E-state index in [1.54, 1.807) is 23.1 Å². The number of sulfonamides is 1. The van der Waals surface area contributed by atoms with Crippen LogP contribution in [0, 0.1) is 0 Å². The molecule has 0 unspecified atom stereocenters. The molecular formula is C17H26N2O5S. The molecule has 25 heavy (non-hydrogen) atoms. The van der Waals surface area contributed by atoms with Crippen LogP contribution in [-0.4, -0.2) is 69.7 Å². The summed E-state index contributed by atoms with van der Waals surface area (Å²) in [6.07, 6.45) is 1.19. The van der Waals surface area contributed by atoms with Crippen molar-refractivity contribution in [2.24, 2.45) is 0 Å².